The van der Waals surface area contributed by atoms with Gasteiger partial charge in [0.15, 0.2) is 0 Å². The Morgan fingerprint density at radius 1 is 1.50 bits per heavy atom. The summed E-state index contributed by atoms with van der Waals surface area (Å²) in [6, 6.07) is -0.351. The Labute approximate surface area is 86.4 Å². The van der Waals surface area contributed by atoms with Crippen LogP contribution in [0.3, 0.4) is 0 Å². The van der Waals surface area contributed by atoms with E-state index in [9.17, 15) is 4.79 Å². The average molecular weight is 198 g/mol. The smallest absolute Gasteiger partial charge is 0.237 e. The summed E-state index contributed by atoms with van der Waals surface area (Å²) in [6.45, 7) is 4.73. The third kappa shape index (κ3) is 3.29. The van der Waals surface area contributed by atoms with Gasteiger partial charge in [-0.2, -0.15) is 0 Å². The van der Waals surface area contributed by atoms with E-state index in [0.29, 0.717) is 0 Å². The summed E-state index contributed by atoms with van der Waals surface area (Å²) >= 11 is 0. The van der Waals surface area contributed by atoms with Crippen molar-refractivity contribution in [2.24, 2.45) is 17.6 Å². The maximum Gasteiger partial charge on any atom is 0.237 e. The fourth-order valence-corrected chi connectivity index (χ4v) is 1.60. The van der Waals surface area contributed by atoms with Crippen LogP contribution in [-0.2, 0) is 4.79 Å². The van der Waals surface area contributed by atoms with Gasteiger partial charge in [0, 0.05) is 6.54 Å². The Balaban J connectivity index is 2.07. The first kappa shape index (κ1) is 11.5. The number of carbonyl (C=O) groups is 1. The Hall–Kier alpha value is -0.570. The van der Waals surface area contributed by atoms with Gasteiger partial charge >= 0.3 is 0 Å². The van der Waals surface area contributed by atoms with Gasteiger partial charge in [-0.15, -0.1) is 0 Å². The lowest BCUT2D eigenvalue weighted by Gasteiger charge is -2.25. The number of carbonyl (C=O) groups excluding carboxylic acids is 1. The van der Waals surface area contributed by atoms with E-state index in [0.717, 1.165) is 18.9 Å². The molecule has 1 fully saturated rings. The predicted molar refractivity (Wildman–Crippen MR) is 57.8 cm³/mol. The summed E-state index contributed by atoms with van der Waals surface area (Å²) in [6.07, 6.45) is 5.17. The van der Waals surface area contributed by atoms with Gasteiger partial charge in [-0.1, -0.05) is 33.1 Å². The third-order valence-corrected chi connectivity index (χ3v) is 3.10. The highest BCUT2D eigenvalue weighted by Crippen LogP contribution is 2.28. The zero-order valence-corrected chi connectivity index (χ0v) is 9.25. The van der Waals surface area contributed by atoms with Gasteiger partial charge in [-0.05, 0) is 18.3 Å². The van der Waals surface area contributed by atoms with Crippen LogP contribution in [0.4, 0.5) is 0 Å². The van der Waals surface area contributed by atoms with Crippen LogP contribution in [-0.4, -0.2) is 18.5 Å². The van der Waals surface area contributed by atoms with E-state index in [4.69, 9.17) is 5.73 Å². The second-order valence-corrected chi connectivity index (χ2v) is 4.65. The Morgan fingerprint density at radius 2 is 2.14 bits per heavy atom. The number of amides is 1. The van der Waals surface area contributed by atoms with E-state index in [1.807, 2.05) is 13.8 Å². The summed E-state index contributed by atoms with van der Waals surface area (Å²) in [5.41, 5.74) is 5.71. The largest absolute Gasteiger partial charge is 0.355 e. The van der Waals surface area contributed by atoms with Crippen LogP contribution < -0.4 is 11.1 Å². The second kappa shape index (κ2) is 5.35. The number of hydrogen-bond donors (Lipinski definition) is 2. The highest BCUT2D eigenvalue weighted by molar-refractivity contribution is 5.81. The third-order valence-electron chi connectivity index (χ3n) is 3.10. The molecule has 1 atom stereocenters. The SMILES string of the molecule is CC(C)C(N)C(=O)NCCC1CCC1. The van der Waals surface area contributed by atoms with Crippen LogP contribution in [0.25, 0.3) is 0 Å². The first-order chi connectivity index (χ1) is 6.61. The fraction of sp³-hybridized carbons (Fsp3) is 0.909. The molecule has 0 heterocycles. The van der Waals surface area contributed by atoms with E-state index in [1.54, 1.807) is 0 Å². The lowest BCUT2D eigenvalue weighted by molar-refractivity contribution is -0.123. The van der Waals surface area contributed by atoms with Crippen molar-refractivity contribution in [2.75, 3.05) is 6.54 Å². The van der Waals surface area contributed by atoms with Crippen molar-refractivity contribution in [3.05, 3.63) is 0 Å². The molecule has 1 aliphatic carbocycles. The van der Waals surface area contributed by atoms with Gasteiger partial charge in [-0.3, -0.25) is 4.79 Å². The summed E-state index contributed by atoms with van der Waals surface area (Å²) in [5, 5.41) is 2.90. The number of nitrogens with one attached hydrogen (secondary N) is 1. The molecule has 3 nitrogen and oxygen atoms in total. The Bertz CT molecular complexity index is 188. The van der Waals surface area contributed by atoms with Crippen molar-refractivity contribution in [1.82, 2.24) is 5.32 Å². The topological polar surface area (TPSA) is 55.1 Å². The van der Waals surface area contributed by atoms with Crippen LogP contribution in [0.15, 0.2) is 0 Å². The van der Waals surface area contributed by atoms with Crippen molar-refractivity contribution in [2.45, 2.75) is 45.6 Å². The summed E-state index contributed by atoms with van der Waals surface area (Å²) in [5.74, 6) is 1.07. The average Bonchev–Trinajstić information content (AvgIpc) is 2.07. The number of hydrogen-bond acceptors (Lipinski definition) is 2. The van der Waals surface area contributed by atoms with Gasteiger partial charge in [0.05, 0.1) is 6.04 Å². The zero-order chi connectivity index (χ0) is 10.6. The highest BCUT2D eigenvalue weighted by Gasteiger charge is 2.19. The van der Waals surface area contributed by atoms with Crippen LogP contribution in [0.2, 0.25) is 0 Å². The standard InChI is InChI=1S/C11H22N2O/c1-8(2)10(12)11(14)13-7-6-9-4-3-5-9/h8-10H,3-7,12H2,1-2H3,(H,13,14). The maximum absolute atomic E-state index is 11.4. The molecule has 82 valence electrons. The van der Waals surface area contributed by atoms with Crippen molar-refractivity contribution < 1.29 is 4.79 Å². The summed E-state index contributed by atoms with van der Waals surface area (Å²) in [7, 11) is 0. The van der Waals surface area contributed by atoms with Gasteiger partial charge in [0.1, 0.15) is 0 Å². The maximum atomic E-state index is 11.4. The van der Waals surface area contributed by atoms with Crippen molar-refractivity contribution >= 4 is 5.91 Å². The highest BCUT2D eigenvalue weighted by atomic mass is 16.2. The molecule has 0 saturated heterocycles. The van der Waals surface area contributed by atoms with Crippen LogP contribution in [0.5, 0.6) is 0 Å². The lowest BCUT2D eigenvalue weighted by Crippen LogP contribution is -2.44. The summed E-state index contributed by atoms with van der Waals surface area (Å²) in [4.78, 5) is 11.4. The number of rotatable bonds is 5. The predicted octanol–water partition coefficient (Wildman–Crippen LogP) is 1.28. The first-order valence-electron chi connectivity index (χ1n) is 5.64. The van der Waals surface area contributed by atoms with E-state index in [2.05, 4.69) is 5.32 Å². The monoisotopic (exact) mass is 198 g/mol. The Kier molecular flexibility index (Phi) is 4.39. The molecule has 14 heavy (non-hydrogen) atoms. The molecule has 0 bridgehead atoms. The number of nitrogens with two attached hydrogens (primary N) is 1. The summed E-state index contributed by atoms with van der Waals surface area (Å²) < 4.78 is 0. The van der Waals surface area contributed by atoms with Gasteiger partial charge in [0.2, 0.25) is 5.91 Å². The van der Waals surface area contributed by atoms with Gasteiger partial charge in [0.25, 0.3) is 0 Å². The molecule has 3 heteroatoms. The molecule has 3 N–H and O–H groups in total. The molecule has 1 saturated carbocycles. The molecule has 1 unspecified atom stereocenters. The minimum atomic E-state index is -0.351. The lowest BCUT2D eigenvalue weighted by atomic mass is 9.83. The van der Waals surface area contributed by atoms with E-state index in [1.165, 1.54) is 19.3 Å². The molecule has 0 aliphatic heterocycles. The molecule has 0 aromatic heterocycles. The zero-order valence-electron chi connectivity index (χ0n) is 9.25. The normalized spacial score (nSPS) is 19.1. The molecule has 0 radical (unpaired) electrons. The Morgan fingerprint density at radius 3 is 2.57 bits per heavy atom. The quantitative estimate of drug-likeness (QED) is 0.699. The first-order valence-corrected chi connectivity index (χ1v) is 5.64. The fourth-order valence-electron chi connectivity index (χ4n) is 1.60. The molecule has 0 spiro atoms. The molecule has 1 amide bonds. The molecular weight excluding hydrogens is 176 g/mol. The van der Waals surface area contributed by atoms with Crippen molar-refractivity contribution in [3.63, 3.8) is 0 Å². The molecular formula is C11H22N2O. The van der Waals surface area contributed by atoms with Gasteiger partial charge in [-0.25, -0.2) is 0 Å². The minimum absolute atomic E-state index is 0.000626. The molecule has 0 aromatic carbocycles. The van der Waals surface area contributed by atoms with E-state index in [-0.39, 0.29) is 17.9 Å². The van der Waals surface area contributed by atoms with Crippen molar-refractivity contribution in [1.29, 1.82) is 0 Å². The van der Waals surface area contributed by atoms with Crippen LogP contribution in [0, 0.1) is 11.8 Å². The minimum Gasteiger partial charge on any atom is -0.355 e. The second-order valence-electron chi connectivity index (χ2n) is 4.65. The van der Waals surface area contributed by atoms with E-state index < -0.39 is 0 Å². The van der Waals surface area contributed by atoms with E-state index >= 15 is 0 Å². The molecule has 0 aromatic rings. The van der Waals surface area contributed by atoms with Gasteiger partial charge < -0.3 is 11.1 Å². The van der Waals surface area contributed by atoms with Crippen LogP contribution >= 0.6 is 0 Å². The van der Waals surface area contributed by atoms with Crippen molar-refractivity contribution in [3.8, 4) is 0 Å². The molecule has 1 rings (SSSR count). The van der Waals surface area contributed by atoms with Crippen LogP contribution in [0.1, 0.15) is 39.5 Å². The molecule has 1 aliphatic rings.